The van der Waals surface area contributed by atoms with E-state index in [1.54, 1.807) is 6.92 Å². The number of ketones is 1. The average molecular weight is 114 g/mol. The molecule has 0 aliphatic heterocycles. The number of nitrogens with two attached hydrogens (primary N) is 1. The number of rotatable bonds is 3. The van der Waals surface area contributed by atoms with Crippen molar-refractivity contribution < 1.29 is 4.79 Å². The molecule has 46 valence electrons. The molecule has 0 amide bonds. The largest absolute Gasteiger partial charge is 0.387 e. The number of hydrogen-bond acceptors (Lipinski definition) is 2. The zero-order valence-electron chi connectivity index (χ0n) is 4.90. The Morgan fingerprint density at radius 3 is 2.38 bits per heavy atom. The summed E-state index contributed by atoms with van der Waals surface area (Å²) in [6.45, 7) is 1.76. The predicted molar refractivity (Wildman–Crippen MR) is 31.8 cm³/mol. The summed E-state index contributed by atoms with van der Waals surface area (Å²) in [5, 5.41) is 6.68. The lowest BCUT2D eigenvalue weighted by Crippen LogP contribution is -2.14. The summed E-state index contributed by atoms with van der Waals surface area (Å²) in [7, 11) is 0. The fourth-order valence-electron chi connectivity index (χ4n) is 0.337. The summed E-state index contributed by atoms with van der Waals surface area (Å²) >= 11 is 0. The van der Waals surface area contributed by atoms with E-state index in [-0.39, 0.29) is 18.0 Å². The Morgan fingerprint density at radius 2 is 2.25 bits per heavy atom. The predicted octanol–water partition coefficient (Wildman–Crippen LogP) is 0.292. The van der Waals surface area contributed by atoms with Crippen molar-refractivity contribution in [3.05, 3.63) is 0 Å². The Bertz CT molecular complexity index is 109. The molecule has 8 heavy (non-hydrogen) atoms. The van der Waals surface area contributed by atoms with E-state index in [0.29, 0.717) is 6.42 Å². The number of carbonyl (C=O) groups is 1. The van der Waals surface area contributed by atoms with Crippen LogP contribution in [0.4, 0.5) is 0 Å². The summed E-state index contributed by atoms with van der Waals surface area (Å²) in [5.74, 6) is -0.0191. The topological polar surface area (TPSA) is 66.9 Å². The monoisotopic (exact) mass is 114 g/mol. The molecule has 0 aromatic heterocycles. The Hall–Kier alpha value is -0.860. The lowest BCUT2D eigenvalue weighted by atomic mass is 10.2. The van der Waals surface area contributed by atoms with Crippen LogP contribution in [0.5, 0.6) is 0 Å². The van der Waals surface area contributed by atoms with Gasteiger partial charge in [0.2, 0.25) is 0 Å². The number of carbonyl (C=O) groups excluding carboxylic acids is 1. The number of Topliss-reactive ketones (excluding diaryl/α,β-unsaturated/α-hetero) is 1. The van der Waals surface area contributed by atoms with Crippen LogP contribution in [0.25, 0.3) is 0 Å². The third kappa shape index (κ3) is 3.33. The van der Waals surface area contributed by atoms with Crippen LogP contribution >= 0.6 is 0 Å². The minimum Gasteiger partial charge on any atom is -0.387 e. The highest BCUT2D eigenvalue weighted by Crippen LogP contribution is 1.85. The van der Waals surface area contributed by atoms with Gasteiger partial charge in [0.05, 0.1) is 12.3 Å². The van der Waals surface area contributed by atoms with Gasteiger partial charge in [-0.15, -0.1) is 0 Å². The second kappa shape index (κ2) is 3.18. The van der Waals surface area contributed by atoms with Gasteiger partial charge in [0.25, 0.3) is 0 Å². The molecular formula is C5H10N2O. The number of nitrogens with one attached hydrogen (secondary N) is 1. The first-order chi connectivity index (χ1) is 3.66. The molecule has 0 saturated heterocycles. The molecule has 0 aliphatic carbocycles. The SMILES string of the molecule is CCC(=O)CC(=N)N. The molecule has 0 radical (unpaired) electrons. The van der Waals surface area contributed by atoms with E-state index in [0.717, 1.165) is 0 Å². The van der Waals surface area contributed by atoms with Crippen LogP contribution in [-0.2, 0) is 4.79 Å². The molecule has 0 heterocycles. The van der Waals surface area contributed by atoms with Crippen LogP contribution < -0.4 is 5.73 Å². The molecule has 0 aromatic carbocycles. The van der Waals surface area contributed by atoms with E-state index in [4.69, 9.17) is 11.1 Å². The van der Waals surface area contributed by atoms with E-state index >= 15 is 0 Å². The zero-order valence-corrected chi connectivity index (χ0v) is 4.90. The first-order valence-electron chi connectivity index (χ1n) is 2.51. The van der Waals surface area contributed by atoms with E-state index < -0.39 is 0 Å². The van der Waals surface area contributed by atoms with Gasteiger partial charge in [0.15, 0.2) is 0 Å². The Kier molecular flexibility index (Phi) is 2.84. The maximum absolute atomic E-state index is 10.4. The summed E-state index contributed by atoms with van der Waals surface area (Å²) in [6, 6.07) is 0. The maximum Gasteiger partial charge on any atom is 0.140 e. The normalized spacial score (nSPS) is 8.62. The van der Waals surface area contributed by atoms with Crippen LogP contribution in [0.3, 0.4) is 0 Å². The standard InChI is InChI=1S/C5H10N2O/c1-2-4(8)3-5(6)7/h2-3H2,1H3,(H3,6,7). The molecule has 0 saturated carbocycles. The third-order valence-electron chi connectivity index (χ3n) is 0.782. The molecule has 0 aromatic rings. The van der Waals surface area contributed by atoms with E-state index in [1.807, 2.05) is 0 Å². The third-order valence-corrected chi connectivity index (χ3v) is 0.782. The van der Waals surface area contributed by atoms with E-state index in [9.17, 15) is 4.79 Å². The van der Waals surface area contributed by atoms with Crippen molar-refractivity contribution in [2.24, 2.45) is 5.73 Å². The Labute approximate surface area is 48.4 Å². The van der Waals surface area contributed by atoms with Crippen LogP contribution in [-0.4, -0.2) is 11.6 Å². The zero-order chi connectivity index (χ0) is 6.57. The van der Waals surface area contributed by atoms with Crippen molar-refractivity contribution in [2.45, 2.75) is 19.8 Å². The molecule has 0 aliphatic rings. The van der Waals surface area contributed by atoms with E-state index in [2.05, 4.69) is 0 Å². The van der Waals surface area contributed by atoms with Crippen LogP contribution in [0.2, 0.25) is 0 Å². The van der Waals surface area contributed by atoms with Gasteiger partial charge in [0.1, 0.15) is 5.78 Å². The summed E-state index contributed by atoms with van der Waals surface area (Å²) in [4.78, 5) is 10.4. The van der Waals surface area contributed by atoms with Gasteiger partial charge in [0, 0.05) is 6.42 Å². The van der Waals surface area contributed by atoms with Crippen LogP contribution in [0, 0.1) is 5.41 Å². The molecule has 0 rings (SSSR count). The summed E-state index contributed by atoms with van der Waals surface area (Å²) < 4.78 is 0. The summed E-state index contributed by atoms with van der Waals surface area (Å²) in [5.41, 5.74) is 4.93. The van der Waals surface area contributed by atoms with Gasteiger partial charge >= 0.3 is 0 Å². The second-order valence-electron chi connectivity index (χ2n) is 1.59. The maximum atomic E-state index is 10.4. The molecule has 0 bridgehead atoms. The fraction of sp³-hybridized carbons (Fsp3) is 0.600. The lowest BCUT2D eigenvalue weighted by molar-refractivity contribution is -0.117. The van der Waals surface area contributed by atoms with Crippen molar-refractivity contribution in [3.63, 3.8) is 0 Å². The number of amidine groups is 1. The van der Waals surface area contributed by atoms with Crippen molar-refractivity contribution in [1.29, 1.82) is 5.41 Å². The van der Waals surface area contributed by atoms with Crippen molar-refractivity contribution >= 4 is 11.6 Å². The van der Waals surface area contributed by atoms with E-state index in [1.165, 1.54) is 0 Å². The van der Waals surface area contributed by atoms with Gasteiger partial charge < -0.3 is 5.73 Å². The average Bonchev–Trinajstić information content (AvgIpc) is 1.65. The molecule has 0 fully saturated rings. The van der Waals surface area contributed by atoms with Gasteiger partial charge in [-0.3, -0.25) is 10.2 Å². The molecule has 0 atom stereocenters. The quantitative estimate of drug-likeness (QED) is 0.409. The Morgan fingerprint density at radius 1 is 1.75 bits per heavy atom. The minimum atomic E-state index is -0.0446. The van der Waals surface area contributed by atoms with Crippen molar-refractivity contribution in [1.82, 2.24) is 0 Å². The minimum absolute atomic E-state index is 0.0255. The van der Waals surface area contributed by atoms with Crippen LogP contribution in [0.15, 0.2) is 0 Å². The highest BCUT2D eigenvalue weighted by molar-refractivity contribution is 5.98. The Balaban J connectivity index is 3.40. The molecule has 3 N–H and O–H groups in total. The van der Waals surface area contributed by atoms with Gasteiger partial charge in [-0.2, -0.15) is 0 Å². The smallest absolute Gasteiger partial charge is 0.140 e. The molecular weight excluding hydrogens is 104 g/mol. The highest BCUT2D eigenvalue weighted by atomic mass is 16.1. The molecule has 0 spiro atoms. The molecule has 3 heteroatoms. The van der Waals surface area contributed by atoms with Gasteiger partial charge in [-0.25, -0.2) is 0 Å². The highest BCUT2D eigenvalue weighted by Gasteiger charge is 1.97. The molecule has 3 nitrogen and oxygen atoms in total. The molecule has 0 unspecified atom stereocenters. The van der Waals surface area contributed by atoms with Gasteiger partial charge in [-0.05, 0) is 0 Å². The first kappa shape index (κ1) is 7.14. The first-order valence-corrected chi connectivity index (χ1v) is 2.51. The van der Waals surface area contributed by atoms with Crippen LogP contribution in [0.1, 0.15) is 19.8 Å². The summed E-state index contributed by atoms with van der Waals surface area (Å²) in [6.07, 6.45) is 0.579. The number of hydrogen-bond donors (Lipinski definition) is 2. The van der Waals surface area contributed by atoms with Crippen molar-refractivity contribution in [2.75, 3.05) is 0 Å². The second-order valence-corrected chi connectivity index (χ2v) is 1.59. The van der Waals surface area contributed by atoms with Gasteiger partial charge in [-0.1, -0.05) is 6.92 Å². The fourth-order valence-corrected chi connectivity index (χ4v) is 0.337. The van der Waals surface area contributed by atoms with Crippen molar-refractivity contribution in [3.8, 4) is 0 Å². The lowest BCUT2D eigenvalue weighted by Gasteiger charge is -1.90.